The van der Waals surface area contributed by atoms with E-state index in [9.17, 15) is 4.79 Å². The molecule has 1 amide bonds. The molecular weight excluding hydrogens is 318 g/mol. The van der Waals surface area contributed by atoms with Gasteiger partial charge >= 0.3 is 0 Å². The van der Waals surface area contributed by atoms with Crippen molar-refractivity contribution >= 4 is 11.7 Å². The van der Waals surface area contributed by atoms with Gasteiger partial charge in [-0.1, -0.05) is 0 Å². The molecule has 1 saturated carbocycles. The highest BCUT2D eigenvalue weighted by molar-refractivity contribution is 5.96. The Morgan fingerprint density at radius 3 is 2.92 bits per heavy atom. The normalized spacial score (nSPS) is 29.8. The lowest BCUT2D eigenvalue weighted by Gasteiger charge is -2.38. The van der Waals surface area contributed by atoms with E-state index in [1.807, 2.05) is 0 Å². The Labute approximate surface area is 147 Å². The molecule has 0 bridgehead atoms. The first-order valence-corrected chi connectivity index (χ1v) is 9.40. The Hall–Kier alpha value is -1.73. The lowest BCUT2D eigenvalue weighted by atomic mass is 10.0. The summed E-state index contributed by atoms with van der Waals surface area (Å²) in [7, 11) is 2.16. The molecule has 3 aliphatic heterocycles. The number of nitrogens with zero attached hydrogens (tertiary/aromatic N) is 4. The van der Waals surface area contributed by atoms with E-state index in [2.05, 4.69) is 27.1 Å². The fourth-order valence-corrected chi connectivity index (χ4v) is 4.38. The van der Waals surface area contributed by atoms with Crippen LogP contribution < -0.4 is 10.2 Å². The standard InChI is InChI=1S/C18H25N5O2/c1-22-8-9-25-18(10-22)5-7-23(11-18)16-13-4-6-19-17(24)14(13)20-15(21-16)12-2-3-12/h12H,2-11H2,1H3,(H,19,24). The van der Waals surface area contributed by atoms with Gasteiger partial charge in [0, 0.05) is 44.2 Å². The van der Waals surface area contributed by atoms with Gasteiger partial charge in [-0.3, -0.25) is 4.79 Å². The van der Waals surface area contributed by atoms with Crippen LogP contribution in [-0.4, -0.2) is 72.8 Å². The fourth-order valence-electron chi connectivity index (χ4n) is 4.38. The summed E-state index contributed by atoms with van der Waals surface area (Å²) in [6, 6.07) is 0. The maximum absolute atomic E-state index is 12.3. The second-order valence-corrected chi connectivity index (χ2v) is 7.95. The van der Waals surface area contributed by atoms with Crippen LogP contribution in [0.25, 0.3) is 0 Å². The van der Waals surface area contributed by atoms with Gasteiger partial charge in [0.15, 0.2) is 0 Å². The van der Waals surface area contributed by atoms with Gasteiger partial charge in [-0.15, -0.1) is 0 Å². The van der Waals surface area contributed by atoms with E-state index in [-0.39, 0.29) is 11.5 Å². The van der Waals surface area contributed by atoms with Crippen molar-refractivity contribution in [3.05, 3.63) is 17.1 Å². The highest BCUT2D eigenvalue weighted by atomic mass is 16.5. The van der Waals surface area contributed by atoms with Crippen molar-refractivity contribution in [2.24, 2.45) is 0 Å². The largest absolute Gasteiger partial charge is 0.370 e. The topological polar surface area (TPSA) is 70.6 Å². The lowest BCUT2D eigenvalue weighted by molar-refractivity contribution is -0.0886. The van der Waals surface area contributed by atoms with Crippen LogP contribution in [0.2, 0.25) is 0 Å². The highest BCUT2D eigenvalue weighted by Crippen LogP contribution is 2.41. The summed E-state index contributed by atoms with van der Waals surface area (Å²) in [5.41, 5.74) is 1.52. The predicted octanol–water partition coefficient (Wildman–Crippen LogP) is 0.551. The van der Waals surface area contributed by atoms with E-state index < -0.39 is 0 Å². The maximum Gasteiger partial charge on any atom is 0.270 e. The number of likely N-dealkylation sites (N-methyl/N-ethyl adjacent to an activating group) is 1. The zero-order valence-corrected chi connectivity index (χ0v) is 14.8. The number of ether oxygens (including phenoxy) is 1. The molecule has 1 atom stereocenters. The van der Waals surface area contributed by atoms with Crippen LogP contribution >= 0.6 is 0 Å². The molecule has 0 radical (unpaired) electrons. The van der Waals surface area contributed by atoms with Crippen LogP contribution in [0.3, 0.4) is 0 Å². The molecule has 1 N–H and O–H groups in total. The summed E-state index contributed by atoms with van der Waals surface area (Å²) in [6.45, 7) is 5.21. The molecule has 7 nitrogen and oxygen atoms in total. The minimum absolute atomic E-state index is 0.0469. The molecule has 4 heterocycles. The number of hydrogen-bond donors (Lipinski definition) is 1. The first-order valence-electron chi connectivity index (χ1n) is 9.40. The van der Waals surface area contributed by atoms with Crippen molar-refractivity contribution in [2.75, 3.05) is 51.3 Å². The quantitative estimate of drug-likeness (QED) is 0.846. The summed E-state index contributed by atoms with van der Waals surface area (Å²) < 4.78 is 6.20. The zero-order chi connectivity index (χ0) is 17.0. The molecule has 5 rings (SSSR count). The average Bonchev–Trinajstić information content (AvgIpc) is 3.37. The third-order valence-electron chi connectivity index (χ3n) is 5.88. The van der Waals surface area contributed by atoms with E-state index in [0.29, 0.717) is 18.2 Å². The van der Waals surface area contributed by atoms with Gasteiger partial charge in [-0.2, -0.15) is 0 Å². The van der Waals surface area contributed by atoms with Crippen molar-refractivity contribution in [1.29, 1.82) is 0 Å². The second-order valence-electron chi connectivity index (χ2n) is 7.95. The molecule has 1 aromatic heterocycles. The number of hydrogen-bond acceptors (Lipinski definition) is 6. The van der Waals surface area contributed by atoms with Gasteiger partial charge in [0.2, 0.25) is 0 Å². The minimum atomic E-state index is -0.0957. The van der Waals surface area contributed by atoms with E-state index in [4.69, 9.17) is 9.72 Å². The van der Waals surface area contributed by atoms with Crippen LogP contribution in [0.1, 0.15) is 47.1 Å². The molecule has 0 aromatic carbocycles. The Balaban J connectivity index is 1.50. The van der Waals surface area contributed by atoms with Crippen molar-refractivity contribution in [3.63, 3.8) is 0 Å². The molecule has 7 heteroatoms. The van der Waals surface area contributed by atoms with E-state index in [1.54, 1.807) is 0 Å². The molecule has 1 unspecified atom stereocenters. The van der Waals surface area contributed by atoms with Crippen LogP contribution in [0.5, 0.6) is 0 Å². The summed E-state index contributed by atoms with van der Waals surface area (Å²) in [5.74, 6) is 2.23. The van der Waals surface area contributed by atoms with E-state index in [1.165, 1.54) is 0 Å². The maximum atomic E-state index is 12.3. The Kier molecular flexibility index (Phi) is 3.50. The van der Waals surface area contributed by atoms with E-state index in [0.717, 1.165) is 75.7 Å². The highest BCUT2D eigenvalue weighted by Gasteiger charge is 2.44. The molecule has 1 aromatic rings. The Morgan fingerprint density at radius 2 is 2.12 bits per heavy atom. The molecular formula is C18H25N5O2. The van der Waals surface area contributed by atoms with Crippen LogP contribution in [-0.2, 0) is 11.2 Å². The van der Waals surface area contributed by atoms with Gasteiger partial charge in [0.25, 0.3) is 5.91 Å². The number of nitrogens with one attached hydrogen (secondary N) is 1. The number of amides is 1. The lowest BCUT2D eigenvalue weighted by Crippen LogP contribution is -2.52. The monoisotopic (exact) mass is 343 g/mol. The van der Waals surface area contributed by atoms with Gasteiger partial charge in [-0.25, -0.2) is 9.97 Å². The number of carbonyl (C=O) groups excluding carboxylic acids is 1. The molecule has 2 saturated heterocycles. The summed E-state index contributed by atoms with van der Waals surface area (Å²) in [5, 5.41) is 2.93. The first kappa shape index (κ1) is 15.5. The number of fused-ring (bicyclic) bond motifs is 1. The number of morpholine rings is 1. The average molecular weight is 343 g/mol. The van der Waals surface area contributed by atoms with Crippen molar-refractivity contribution < 1.29 is 9.53 Å². The fraction of sp³-hybridized carbons (Fsp3) is 0.722. The number of anilines is 1. The molecule has 1 spiro atoms. The van der Waals surface area contributed by atoms with Gasteiger partial charge < -0.3 is 19.9 Å². The molecule has 1 aliphatic carbocycles. The second kappa shape index (κ2) is 5.64. The summed E-state index contributed by atoms with van der Waals surface area (Å²) >= 11 is 0. The van der Waals surface area contributed by atoms with Crippen molar-refractivity contribution in [2.45, 2.75) is 37.2 Å². The summed E-state index contributed by atoms with van der Waals surface area (Å²) in [4.78, 5) is 26.6. The predicted molar refractivity (Wildman–Crippen MR) is 93.1 cm³/mol. The van der Waals surface area contributed by atoms with Crippen LogP contribution in [0, 0.1) is 0 Å². The number of carbonyl (C=O) groups is 1. The van der Waals surface area contributed by atoms with E-state index >= 15 is 0 Å². The molecule has 134 valence electrons. The number of aromatic nitrogens is 2. The van der Waals surface area contributed by atoms with Crippen LogP contribution in [0.15, 0.2) is 0 Å². The van der Waals surface area contributed by atoms with Crippen molar-refractivity contribution in [3.8, 4) is 0 Å². The third kappa shape index (κ3) is 2.69. The Bertz CT molecular complexity index is 720. The van der Waals surface area contributed by atoms with Gasteiger partial charge in [-0.05, 0) is 32.7 Å². The zero-order valence-electron chi connectivity index (χ0n) is 14.8. The molecule has 3 fully saturated rings. The van der Waals surface area contributed by atoms with Crippen molar-refractivity contribution in [1.82, 2.24) is 20.2 Å². The molecule has 25 heavy (non-hydrogen) atoms. The Morgan fingerprint density at radius 1 is 1.24 bits per heavy atom. The summed E-state index contributed by atoms with van der Waals surface area (Å²) in [6.07, 6.45) is 4.10. The van der Waals surface area contributed by atoms with Gasteiger partial charge in [0.1, 0.15) is 17.3 Å². The first-order chi connectivity index (χ1) is 12.1. The third-order valence-corrected chi connectivity index (χ3v) is 5.88. The number of rotatable bonds is 2. The minimum Gasteiger partial charge on any atom is -0.370 e. The smallest absolute Gasteiger partial charge is 0.270 e. The van der Waals surface area contributed by atoms with Crippen LogP contribution in [0.4, 0.5) is 5.82 Å². The molecule has 4 aliphatic rings. The van der Waals surface area contributed by atoms with Gasteiger partial charge in [0.05, 0.1) is 12.2 Å². The SMILES string of the molecule is CN1CCOC2(CCN(c3nc(C4CC4)nc4c3CCNC4=O)C2)C1.